The third-order valence-corrected chi connectivity index (χ3v) is 3.86. The molecule has 114 valence electrons. The fourth-order valence-corrected chi connectivity index (χ4v) is 2.49. The Hall–Kier alpha value is -2.63. The van der Waals surface area contributed by atoms with E-state index in [1.807, 2.05) is 48.3 Å². The van der Waals surface area contributed by atoms with Gasteiger partial charge in [0.15, 0.2) is 0 Å². The smallest absolute Gasteiger partial charge is 0.227 e. The van der Waals surface area contributed by atoms with Gasteiger partial charge in [0.1, 0.15) is 5.82 Å². The van der Waals surface area contributed by atoms with E-state index in [0.29, 0.717) is 19.0 Å². The fourth-order valence-electron chi connectivity index (χ4n) is 2.49. The van der Waals surface area contributed by atoms with Crippen LogP contribution in [0.5, 0.6) is 0 Å². The summed E-state index contributed by atoms with van der Waals surface area (Å²) in [6, 6.07) is 12.0. The average molecular weight is 297 g/mol. The van der Waals surface area contributed by atoms with Gasteiger partial charge in [0, 0.05) is 45.1 Å². The molecule has 1 aliphatic rings. The lowest BCUT2D eigenvalue weighted by molar-refractivity contribution is -0.118. The van der Waals surface area contributed by atoms with Crippen molar-refractivity contribution in [2.24, 2.45) is 0 Å². The van der Waals surface area contributed by atoms with Gasteiger partial charge in [-0.15, -0.1) is 0 Å². The van der Waals surface area contributed by atoms with E-state index in [1.165, 1.54) is 0 Å². The zero-order chi connectivity index (χ0) is 15.4. The van der Waals surface area contributed by atoms with E-state index < -0.39 is 0 Å². The van der Waals surface area contributed by atoms with Gasteiger partial charge in [-0.1, -0.05) is 18.2 Å². The van der Waals surface area contributed by atoms with Crippen molar-refractivity contribution >= 4 is 23.9 Å². The molecule has 0 unspecified atom stereocenters. The second kappa shape index (κ2) is 6.43. The van der Waals surface area contributed by atoms with Gasteiger partial charge < -0.3 is 14.7 Å². The molecule has 1 fully saturated rings. The first-order valence-corrected chi connectivity index (χ1v) is 7.34. The Morgan fingerprint density at radius 3 is 2.50 bits per heavy atom. The quantitative estimate of drug-likeness (QED) is 0.801. The van der Waals surface area contributed by atoms with Crippen molar-refractivity contribution in [1.29, 1.82) is 0 Å². The van der Waals surface area contributed by atoms with Crippen LogP contribution in [0.1, 0.15) is 0 Å². The van der Waals surface area contributed by atoms with Crippen molar-refractivity contribution in [1.82, 2.24) is 14.9 Å². The molecule has 2 aromatic rings. The molecule has 6 nitrogen and oxygen atoms in total. The molecular formula is C16H19N5O. The number of benzene rings is 1. The average Bonchev–Trinajstić information content (AvgIpc) is 2.62. The van der Waals surface area contributed by atoms with Crippen LogP contribution in [0.2, 0.25) is 0 Å². The molecule has 1 amide bonds. The third kappa shape index (κ3) is 3.00. The summed E-state index contributed by atoms with van der Waals surface area (Å²) in [6.45, 7) is 2.95. The van der Waals surface area contributed by atoms with Gasteiger partial charge in [-0.25, -0.2) is 4.98 Å². The van der Waals surface area contributed by atoms with E-state index >= 15 is 0 Å². The Morgan fingerprint density at radius 1 is 1.09 bits per heavy atom. The van der Waals surface area contributed by atoms with Crippen molar-refractivity contribution in [3.8, 4) is 0 Å². The summed E-state index contributed by atoms with van der Waals surface area (Å²) < 4.78 is 0. The van der Waals surface area contributed by atoms with Gasteiger partial charge in [-0.3, -0.25) is 4.79 Å². The minimum absolute atomic E-state index is 0.714. The summed E-state index contributed by atoms with van der Waals surface area (Å²) in [5.74, 6) is 1.57. The minimum Gasteiger partial charge on any atom is -0.342 e. The summed E-state index contributed by atoms with van der Waals surface area (Å²) in [7, 11) is 1.99. The largest absolute Gasteiger partial charge is 0.342 e. The van der Waals surface area contributed by atoms with Crippen LogP contribution in [0.3, 0.4) is 0 Å². The summed E-state index contributed by atoms with van der Waals surface area (Å²) in [5.41, 5.74) is 1.08. The molecular weight excluding hydrogens is 278 g/mol. The van der Waals surface area contributed by atoms with Crippen LogP contribution in [-0.2, 0) is 4.79 Å². The molecule has 0 saturated carbocycles. The Labute approximate surface area is 130 Å². The Balaban J connectivity index is 1.77. The summed E-state index contributed by atoms with van der Waals surface area (Å²) >= 11 is 0. The van der Waals surface area contributed by atoms with Crippen LogP contribution in [0.4, 0.5) is 17.5 Å². The molecule has 0 aliphatic carbocycles. The van der Waals surface area contributed by atoms with Crippen LogP contribution in [-0.4, -0.2) is 54.5 Å². The molecule has 1 saturated heterocycles. The standard InChI is InChI=1S/C16H19N5O/c1-19(14-5-3-2-4-6-14)15-7-8-17-16(18-15)21-11-9-20(13-22)10-12-21/h2-8,13H,9-12H2,1H3. The minimum atomic E-state index is 0.714. The molecule has 2 heterocycles. The first-order valence-electron chi connectivity index (χ1n) is 7.34. The van der Waals surface area contributed by atoms with E-state index in [2.05, 4.69) is 14.9 Å². The van der Waals surface area contributed by atoms with Crippen LogP contribution in [0.15, 0.2) is 42.6 Å². The SMILES string of the molecule is CN(c1ccccc1)c1ccnc(N2CCN(C=O)CC2)n1. The second-order valence-electron chi connectivity index (χ2n) is 5.24. The Kier molecular flexibility index (Phi) is 4.18. The predicted molar refractivity (Wildman–Crippen MR) is 86.4 cm³/mol. The molecule has 0 spiro atoms. The van der Waals surface area contributed by atoms with E-state index in [1.54, 1.807) is 11.1 Å². The second-order valence-corrected chi connectivity index (χ2v) is 5.24. The van der Waals surface area contributed by atoms with Crippen molar-refractivity contribution in [3.05, 3.63) is 42.6 Å². The first-order chi connectivity index (χ1) is 10.8. The van der Waals surface area contributed by atoms with Crippen molar-refractivity contribution < 1.29 is 4.79 Å². The van der Waals surface area contributed by atoms with Gasteiger partial charge >= 0.3 is 0 Å². The molecule has 0 radical (unpaired) electrons. The fraction of sp³-hybridized carbons (Fsp3) is 0.312. The van der Waals surface area contributed by atoms with E-state index in [9.17, 15) is 4.79 Å². The number of carbonyl (C=O) groups excluding carboxylic acids is 1. The molecule has 1 aromatic heterocycles. The first kappa shape index (κ1) is 14.3. The zero-order valence-corrected chi connectivity index (χ0v) is 12.6. The number of aromatic nitrogens is 2. The number of carbonyl (C=O) groups is 1. The highest BCUT2D eigenvalue weighted by atomic mass is 16.1. The topological polar surface area (TPSA) is 52.6 Å². The molecule has 6 heteroatoms. The number of para-hydroxylation sites is 1. The number of amides is 1. The van der Waals surface area contributed by atoms with Gasteiger partial charge in [0.05, 0.1) is 0 Å². The maximum absolute atomic E-state index is 10.8. The Bertz CT molecular complexity index is 625. The molecule has 3 rings (SSSR count). The van der Waals surface area contributed by atoms with Gasteiger partial charge in [-0.05, 0) is 18.2 Å². The van der Waals surface area contributed by atoms with Crippen LogP contribution in [0.25, 0.3) is 0 Å². The monoisotopic (exact) mass is 297 g/mol. The van der Waals surface area contributed by atoms with Crippen molar-refractivity contribution in [2.75, 3.05) is 43.0 Å². The maximum Gasteiger partial charge on any atom is 0.227 e. The maximum atomic E-state index is 10.8. The highest BCUT2D eigenvalue weighted by molar-refractivity contribution is 5.59. The van der Waals surface area contributed by atoms with Gasteiger partial charge in [0.2, 0.25) is 12.4 Å². The molecule has 1 aliphatic heterocycles. The van der Waals surface area contributed by atoms with Crippen molar-refractivity contribution in [2.45, 2.75) is 0 Å². The molecule has 22 heavy (non-hydrogen) atoms. The number of anilines is 3. The van der Waals surface area contributed by atoms with E-state index in [4.69, 9.17) is 0 Å². The van der Waals surface area contributed by atoms with E-state index in [0.717, 1.165) is 31.0 Å². The number of hydrogen-bond acceptors (Lipinski definition) is 5. The number of nitrogens with zero attached hydrogens (tertiary/aromatic N) is 5. The van der Waals surface area contributed by atoms with Crippen molar-refractivity contribution in [3.63, 3.8) is 0 Å². The van der Waals surface area contributed by atoms with E-state index in [-0.39, 0.29) is 0 Å². The summed E-state index contributed by atoms with van der Waals surface area (Å²) in [4.78, 5) is 25.7. The molecule has 0 atom stereocenters. The lowest BCUT2D eigenvalue weighted by Gasteiger charge is -2.32. The molecule has 0 N–H and O–H groups in total. The lowest BCUT2D eigenvalue weighted by atomic mass is 10.3. The molecule has 0 bridgehead atoms. The number of rotatable bonds is 4. The normalized spacial score (nSPS) is 14.8. The zero-order valence-electron chi connectivity index (χ0n) is 12.6. The highest BCUT2D eigenvalue weighted by Gasteiger charge is 2.18. The van der Waals surface area contributed by atoms with Gasteiger partial charge in [-0.2, -0.15) is 4.98 Å². The lowest BCUT2D eigenvalue weighted by Crippen LogP contribution is -2.46. The van der Waals surface area contributed by atoms with Crippen LogP contribution in [0, 0.1) is 0 Å². The predicted octanol–water partition coefficient (Wildman–Crippen LogP) is 1.52. The summed E-state index contributed by atoms with van der Waals surface area (Å²) in [6.07, 6.45) is 2.68. The number of hydrogen-bond donors (Lipinski definition) is 0. The summed E-state index contributed by atoms with van der Waals surface area (Å²) in [5, 5.41) is 0. The third-order valence-electron chi connectivity index (χ3n) is 3.86. The van der Waals surface area contributed by atoms with Crippen LogP contribution >= 0.6 is 0 Å². The van der Waals surface area contributed by atoms with Crippen LogP contribution < -0.4 is 9.80 Å². The van der Waals surface area contributed by atoms with Gasteiger partial charge in [0.25, 0.3) is 0 Å². The highest BCUT2D eigenvalue weighted by Crippen LogP contribution is 2.22. The molecule has 1 aromatic carbocycles. The number of piperazine rings is 1. The Morgan fingerprint density at radius 2 is 1.82 bits per heavy atom.